The van der Waals surface area contributed by atoms with Crippen molar-refractivity contribution >= 4 is 26.9 Å². The number of carbonyl (C=O) groups is 1. The van der Waals surface area contributed by atoms with Crippen LogP contribution in [0, 0.1) is 5.82 Å². The molecule has 20 heavy (non-hydrogen) atoms. The quantitative estimate of drug-likeness (QED) is 0.725. The Kier molecular flexibility index (Phi) is 6.10. The minimum atomic E-state index is -3.74. The molecule has 0 radical (unpaired) electrons. The Labute approximate surface area is 123 Å². The molecule has 0 atom stereocenters. The first-order valence-electron chi connectivity index (χ1n) is 6.34. The van der Waals surface area contributed by atoms with E-state index in [1.807, 2.05) is 13.8 Å². The van der Waals surface area contributed by atoms with Gasteiger partial charge < -0.3 is 0 Å². The van der Waals surface area contributed by atoms with Crippen LogP contribution in [0.25, 0.3) is 0 Å². The van der Waals surface area contributed by atoms with Crippen molar-refractivity contribution in [1.82, 2.24) is 4.31 Å². The average Bonchev–Trinajstić information content (AvgIpc) is 2.38. The molecule has 1 aromatic rings. The first kappa shape index (κ1) is 17.1. The summed E-state index contributed by atoms with van der Waals surface area (Å²) < 4.78 is 39.6. The number of hydrogen-bond donors (Lipinski definition) is 0. The number of halogens is 2. The summed E-state index contributed by atoms with van der Waals surface area (Å²) >= 11 is 5.25. The van der Waals surface area contributed by atoms with Crippen molar-refractivity contribution in [2.24, 2.45) is 0 Å². The molecule has 1 rings (SSSR count). The molecule has 0 aliphatic carbocycles. The second-order valence-electron chi connectivity index (χ2n) is 4.32. The van der Waals surface area contributed by atoms with Crippen molar-refractivity contribution < 1.29 is 17.6 Å². The van der Waals surface area contributed by atoms with Gasteiger partial charge in [0.05, 0.1) is 10.5 Å². The molecule has 0 amide bonds. The van der Waals surface area contributed by atoms with Crippen LogP contribution in [0.15, 0.2) is 23.1 Å². The van der Waals surface area contributed by atoms with Crippen molar-refractivity contribution in [3.05, 3.63) is 29.6 Å². The molecule has 7 heteroatoms. The molecule has 0 saturated carbocycles. The minimum Gasteiger partial charge on any atom is -0.275 e. The van der Waals surface area contributed by atoms with Gasteiger partial charge in [-0.25, -0.2) is 12.8 Å². The molecule has 0 bridgehead atoms. The maximum absolute atomic E-state index is 13.4. The molecule has 0 aliphatic heterocycles. The Balaban J connectivity index is 3.26. The van der Waals surface area contributed by atoms with Crippen LogP contribution in [-0.4, -0.2) is 31.1 Å². The third-order valence-electron chi connectivity index (χ3n) is 2.73. The van der Waals surface area contributed by atoms with Gasteiger partial charge in [0.1, 0.15) is 5.82 Å². The fraction of sp³-hybridized carbons (Fsp3) is 0.462. The van der Waals surface area contributed by atoms with Crippen LogP contribution in [0.3, 0.4) is 0 Å². The fourth-order valence-electron chi connectivity index (χ4n) is 1.82. The number of benzene rings is 1. The largest absolute Gasteiger partial charge is 0.275 e. The van der Waals surface area contributed by atoms with E-state index in [9.17, 15) is 17.6 Å². The Morgan fingerprint density at radius 2 is 1.80 bits per heavy atom. The lowest BCUT2D eigenvalue weighted by molar-refractivity contribution is 0.107. The minimum absolute atomic E-state index is 0.121. The maximum atomic E-state index is 13.4. The van der Waals surface area contributed by atoms with Gasteiger partial charge in [0.2, 0.25) is 10.0 Å². The standard InChI is InChI=1S/C13H17ClFNO3S/c1-3-7-16(8-4-2)20(18,19)10-5-6-12(15)11(9-10)13(14)17/h5-6,9H,3-4,7-8H2,1-2H3. The molecule has 1 aromatic carbocycles. The predicted octanol–water partition coefficient (Wildman–Crippen LogP) is 3.02. The van der Waals surface area contributed by atoms with E-state index in [2.05, 4.69) is 0 Å². The van der Waals surface area contributed by atoms with Gasteiger partial charge in [-0.2, -0.15) is 4.31 Å². The third-order valence-corrected chi connectivity index (χ3v) is 4.83. The molecular formula is C13H17ClFNO3S. The van der Waals surface area contributed by atoms with E-state index in [0.29, 0.717) is 25.9 Å². The zero-order chi connectivity index (χ0) is 15.3. The molecule has 0 aromatic heterocycles. The van der Waals surface area contributed by atoms with Crippen molar-refractivity contribution in [2.45, 2.75) is 31.6 Å². The van der Waals surface area contributed by atoms with E-state index in [1.54, 1.807) is 0 Å². The third kappa shape index (κ3) is 3.77. The first-order chi connectivity index (χ1) is 9.34. The van der Waals surface area contributed by atoms with Crippen LogP contribution >= 0.6 is 11.6 Å². The summed E-state index contributed by atoms with van der Waals surface area (Å²) in [7, 11) is -3.74. The SMILES string of the molecule is CCCN(CCC)S(=O)(=O)c1ccc(F)c(C(=O)Cl)c1. The normalized spacial score (nSPS) is 11.8. The molecule has 112 valence electrons. The Morgan fingerprint density at radius 3 is 2.25 bits per heavy atom. The van der Waals surface area contributed by atoms with Gasteiger partial charge >= 0.3 is 0 Å². The van der Waals surface area contributed by atoms with Gasteiger partial charge in [-0.15, -0.1) is 0 Å². The van der Waals surface area contributed by atoms with Crippen LogP contribution in [0.4, 0.5) is 4.39 Å². The Morgan fingerprint density at radius 1 is 1.25 bits per heavy atom. The molecule has 0 N–H and O–H groups in total. The second kappa shape index (κ2) is 7.15. The molecule has 0 heterocycles. The van der Waals surface area contributed by atoms with Crippen LogP contribution in [0.2, 0.25) is 0 Å². The number of nitrogens with zero attached hydrogens (tertiary/aromatic N) is 1. The molecule has 0 aliphatic rings. The number of carbonyl (C=O) groups excluding carboxylic acids is 1. The maximum Gasteiger partial charge on any atom is 0.255 e. The van der Waals surface area contributed by atoms with E-state index in [1.165, 1.54) is 4.31 Å². The molecular weight excluding hydrogens is 305 g/mol. The fourth-order valence-corrected chi connectivity index (χ4v) is 3.61. The van der Waals surface area contributed by atoms with Gasteiger partial charge in [0, 0.05) is 13.1 Å². The molecule has 0 saturated heterocycles. The Bertz CT molecular complexity index is 583. The van der Waals surface area contributed by atoms with Crippen LogP contribution in [0.1, 0.15) is 37.0 Å². The summed E-state index contributed by atoms with van der Waals surface area (Å²) in [4.78, 5) is 11.0. The van der Waals surface area contributed by atoms with E-state index >= 15 is 0 Å². The summed E-state index contributed by atoms with van der Waals surface area (Å²) in [6.45, 7) is 4.49. The van der Waals surface area contributed by atoms with Crippen LogP contribution < -0.4 is 0 Å². The highest BCUT2D eigenvalue weighted by molar-refractivity contribution is 7.89. The summed E-state index contributed by atoms with van der Waals surface area (Å²) in [6.07, 6.45) is 1.34. The monoisotopic (exact) mass is 321 g/mol. The topological polar surface area (TPSA) is 54.5 Å². The van der Waals surface area contributed by atoms with E-state index in [4.69, 9.17) is 11.6 Å². The summed E-state index contributed by atoms with van der Waals surface area (Å²) in [5.41, 5.74) is -0.430. The van der Waals surface area contributed by atoms with Gasteiger partial charge in [0.25, 0.3) is 5.24 Å². The predicted molar refractivity (Wildman–Crippen MR) is 75.9 cm³/mol. The molecule has 0 spiro atoms. The zero-order valence-corrected chi connectivity index (χ0v) is 13.0. The number of rotatable bonds is 7. The van der Waals surface area contributed by atoms with Gasteiger partial charge in [0.15, 0.2) is 0 Å². The van der Waals surface area contributed by atoms with E-state index < -0.39 is 26.6 Å². The van der Waals surface area contributed by atoms with Crippen molar-refractivity contribution in [3.63, 3.8) is 0 Å². The highest BCUT2D eigenvalue weighted by Crippen LogP contribution is 2.21. The van der Waals surface area contributed by atoms with E-state index in [0.717, 1.165) is 18.2 Å². The summed E-state index contributed by atoms with van der Waals surface area (Å²) in [5, 5.41) is -1.02. The van der Waals surface area contributed by atoms with Gasteiger partial charge in [-0.1, -0.05) is 13.8 Å². The van der Waals surface area contributed by atoms with Crippen LogP contribution in [-0.2, 0) is 10.0 Å². The van der Waals surface area contributed by atoms with Crippen molar-refractivity contribution in [2.75, 3.05) is 13.1 Å². The lowest BCUT2D eigenvalue weighted by atomic mass is 10.2. The van der Waals surface area contributed by atoms with Crippen molar-refractivity contribution in [3.8, 4) is 0 Å². The molecule has 0 unspecified atom stereocenters. The second-order valence-corrected chi connectivity index (χ2v) is 6.60. The molecule has 0 fully saturated rings. The van der Waals surface area contributed by atoms with Crippen LogP contribution in [0.5, 0.6) is 0 Å². The Hall–Kier alpha value is -0.980. The smallest absolute Gasteiger partial charge is 0.255 e. The van der Waals surface area contributed by atoms with E-state index in [-0.39, 0.29) is 4.90 Å². The number of sulfonamides is 1. The molecule has 4 nitrogen and oxygen atoms in total. The summed E-state index contributed by atoms with van der Waals surface area (Å²) in [6, 6.07) is 3.07. The van der Waals surface area contributed by atoms with Crippen molar-refractivity contribution in [1.29, 1.82) is 0 Å². The average molecular weight is 322 g/mol. The van der Waals surface area contributed by atoms with Gasteiger partial charge in [-0.3, -0.25) is 4.79 Å². The lowest BCUT2D eigenvalue weighted by Gasteiger charge is -2.21. The highest BCUT2D eigenvalue weighted by atomic mass is 35.5. The first-order valence-corrected chi connectivity index (χ1v) is 8.15. The van der Waals surface area contributed by atoms with Gasteiger partial charge in [-0.05, 0) is 42.6 Å². The zero-order valence-electron chi connectivity index (χ0n) is 11.4. The summed E-state index contributed by atoms with van der Waals surface area (Å²) in [5.74, 6) is -0.832. The lowest BCUT2D eigenvalue weighted by Crippen LogP contribution is -2.32. The highest BCUT2D eigenvalue weighted by Gasteiger charge is 2.24. The number of hydrogen-bond acceptors (Lipinski definition) is 3.